The minimum atomic E-state index is -4.46. The van der Waals surface area contributed by atoms with Gasteiger partial charge >= 0.3 is 6.18 Å². The fourth-order valence-electron chi connectivity index (χ4n) is 1.77. The molecular formula is C12H12F3NO3. The highest BCUT2D eigenvalue weighted by atomic mass is 19.4. The van der Waals surface area contributed by atoms with Crippen LogP contribution in [0.2, 0.25) is 0 Å². The molecule has 2 N–H and O–H groups in total. The summed E-state index contributed by atoms with van der Waals surface area (Å²) in [6.07, 6.45) is -3.37. The zero-order chi connectivity index (χ0) is 14.2. The number of carbonyl (C=O) groups is 1. The standard InChI is InChI=1S/C12H12F3NO3/c13-12(14,15)6-16(8-2-3-8)11(19)7-1-4-9(17)10(18)5-7/h1,4-5,8,17-18H,2-3,6H2. The summed E-state index contributed by atoms with van der Waals surface area (Å²) < 4.78 is 37.3. The van der Waals surface area contributed by atoms with Crippen molar-refractivity contribution in [3.05, 3.63) is 23.8 Å². The molecular weight excluding hydrogens is 263 g/mol. The van der Waals surface area contributed by atoms with Crippen molar-refractivity contribution in [2.24, 2.45) is 0 Å². The second-order valence-corrected chi connectivity index (χ2v) is 4.48. The molecule has 1 amide bonds. The zero-order valence-corrected chi connectivity index (χ0v) is 9.81. The third kappa shape index (κ3) is 3.30. The molecule has 0 bridgehead atoms. The van der Waals surface area contributed by atoms with Gasteiger partial charge in [0.2, 0.25) is 0 Å². The van der Waals surface area contributed by atoms with Gasteiger partial charge in [-0.3, -0.25) is 4.79 Å². The van der Waals surface area contributed by atoms with E-state index in [2.05, 4.69) is 0 Å². The summed E-state index contributed by atoms with van der Waals surface area (Å²) in [5.74, 6) is -1.76. The van der Waals surface area contributed by atoms with Crippen molar-refractivity contribution in [1.82, 2.24) is 4.90 Å². The average Bonchev–Trinajstić information content (AvgIpc) is 3.11. The number of amides is 1. The fraction of sp³-hybridized carbons (Fsp3) is 0.417. The Bertz CT molecular complexity index is 497. The molecule has 7 heteroatoms. The first-order valence-electron chi connectivity index (χ1n) is 5.67. The lowest BCUT2D eigenvalue weighted by Crippen LogP contribution is -2.40. The van der Waals surface area contributed by atoms with E-state index in [4.69, 9.17) is 5.11 Å². The van der Waals surface area contributed by atoms with Gasteiger partial charge in [-0.15, -0.1) is 0 Å². The van der Waals surface area contributed by atoms with Crippen molar-refractivity contribution in [3.8, 4) is 11.5 Å². The number of aromatic hydroxyl groups is 2. The van der Waals surface area contributed by atoms with Gasteiger partial charge < -0.3 is 15.1 Å². The molecule has 1 aliphatic carbocycles. The number of hydrogen-bond donors (Lipinski definition) is 2. The molecule has 2 rings (SSSR count). The Morgan fingerprint density at radius 3 is 2.37 bits per heavy atom. The number of nitrogens with zero attached hydrogens (tertiary/aromatic N) is 1. The summed E-state index contributed by atoms with van der Waals surface area (Å²) in [5.41, 5.74) is -0.0774. The Morgan fingerprint density at radius 2 is 1.89 bits per heavy atom. The monoisotopic (exact) mass is 275 g/mol. The van der Waals surface area contributed by atoms with Crippen LogP contribution >= 0.6 is 0 Å². The van der Waals surface area contributed by atoms with Crippen molar-refractivity contribution in [2.75, 3.05) is 6.54 Å². The largest absolute Gasteiger partial charge is 0.504 e. The number of halogens is 3. The highest BCUT2D eigenvalue weighted by Gasteiger charge is 2.40. The third-order valence-electron chi connectivity index (χ3n) is 2.82. The second-order valence-electron chi connectivity index (χ2n) is 4.48. The Hall–Kier alpha value is -1.92. The van der Waals surface area contributed by atoms with Crippen LogP contribution in [0.25, 0.3) is 0 Å². The molecule has 0 saturated heterocycles. The van der Waals surface area contributed by atoms with Crippen molar-refractivity contribution in [1.29, 1.82) is 0 Å². The number of rotatable bonds is 3. The van der Waals surface area contributed by atoms with Crippen LogP contribution < -0.4 is 0 Å². The lowest BCUT2D eigenvalue weighted by Gasteiger charge is -2.23. The second kappa shape index (κ2) is 4.64. The van der Waals surface area contributed by atoms with Crippen molar-refractivity contribution < 1.29 is 28.2 Å². The van der Waals surface area contributed by atoms with Gasteiger partial charge in [-0.2, -0.15) is 13.2 Å². The van der Waals surface area contributed by atoms with E-state index in [1.54, 1.807) is 0 Å². The van der Waals surface area contributed by atoms with E-state index in [0.717, 1.165) is 17.0 Å². The lowest BCUT2D eigenvalue weighted by molar-refractivity contribution is -0.141. The highest BCUT2D eigenvalue weighted by molar-refractivity contribution is 5.95. The van der Waals surface area contributed by atoms with E-state index < -0.39 is 36.2 Å². The highest BCUT2D eigenvalue weighted by Crippen LogP contribution is 2.32. The molecule has 1 aliphatic rings. The molecule has 0 spiro atoms. The predicted molar refractivity (Wildman–Crippen MR) is 59.9 cm³/mol. The number of phenols is 2. The van der Waals surface area contributed by atoms with Crippen LogP contribution in [0.5, 0.6) is 11.5 Å². The van der Waals surface area contributed by atoms with Gasteiger partial charge in [-0.1, -0.05) is 0 Å². The lowest BCUT2D eigenvalue weighted by atomic mass is 10.1. The molecule has 0 unspecified atom stereocenters. The Labute approximate surface area is 107 Å². The van der Waals surface area contributed by atoms with Gasteiger partial charge in [0.1, 0.15) is 6.54 Å². The third-order valence-corrected chi connectivity index (χ3v) is 2.82. The molecule has 19 heavy (non-hydrogen) atoms. The van der Waals surface area contributed by atoms with Gasteiger partial charge in [-0.05, 0) is 31.0 Å². The Morgan fingerprint density at radius 1 is 1.26 bits per heavy atom. The number of alkyl halides is 3. The maximum Gasteiger partial charge on any atom is 0.406 e. The summed E-state index contributed by atoms with van der Waals surface area (Å²) >= 11 is 0. The van der Waals surface area contributed by atoms with Crippen LogP contribution in [0.3, 0.4) is 0 Å². The first kappa shape index (κ1) is 13.5. The number of hydrogen-bond acceptors (Lipinski definition) is 3. The van der Waals surface area contributed by atoms with E-state index in [0.29, 0.717) is 12.8 Å². The van der Waals surface area contributed by atoms with Gasteiger partial charge in [0.25, 0.3) is 5.91 Å². The van der Waals surface area contributed by atoms with Crippen molar-refractivity contribution in [3.63, 3.8) is 0 Å². The quantitative estimate of drug-likeness (QED) is 0.832. The van der Waals surface area contributed by atoms with Crippen LogP contribution in [0.1, 0.15) is 23.2 Å². The number of carbonyl (C=O) groups excluding carboxylic acids is 1. The summed E-state index contributed by atoms with van der Waals surface area (Å²) in [6.45, 7) is -1.31. The summed E-state index contributed by atoms with van der Waals surface area (Å²) in [4.78, 5) is 12.8. The Kier molecular flexibility index (Phi) is 3.30. The first-order chi connectivity index (χ1) is 8.78. The van der Waals surface area contributed by atoms with Crippen LogP contribution in [0, 0.1) is 0 Å². The zero-order valence-electron chi connectivity index (χ0n) is 9.81. The van der Waals surface area contributed by atoms with E-state index in [1.165, 1.54) is 6.07 Å². The van der Waals surface area contributed by atoms with Crippen molar-refractivity contribution in [2.45, 2.75) is 25.1 Å². The molecule has 4 nitrogen and oxygen atoms in total. The van der Waals surface area contributed by atoms with Gasteiger partial charge in [0.15, 0.2) is 11.5 Å². The molecule has 0 aliphatic heterocycles. The van der Waals surface area contributed by atoms with Crippen LogP contribution in [-0.4, -0.2) is 39.8 Å². The maximum absolute atomic E-state index is 12.4. The summed E-state index contributed by atoms with van der Waals surface area (Å²) in [6, 6.07) is 2.82. The normalized spacial score (nSPS) is 15.3. The van der Waals surface area contributed by atoms with E-state index in [9.17, 15) is 23.1 Å². The molecule has 104 valence electrons. The van der Waals surface area contributed by atoms with Gasteiger partial charge in [-0.25, -0.2) is 0 Å². The van der Waals surface area contributed by atoms with Gasteiger partial charge in [0.05, 0.1) is 0 Å². The number of benzene rings is 1. The van der Waals surface area contributed by atoms with Crippen molar-refractivity contribution >= 4 is 5.91 Å². The minimum Gasteiger partial charge on any atom is -0.504 e. The molecule has 1 fully saturated rings. The predicted octanol–water partition coefficient (Wildman–Crippen LogP) is 2.26. The van der Waals surface area contributed by atoms with E-state index in [1.807, 2.05) is 0 Å². The topological polar surface area (TPSA) is 60.8 Å². The van der Waals surface area contributed by atoms with Gasteiger partial charge in [0, 0.05) is 11.6 Å². The molecule has 1 aromatic carbocycles. The molecule has 1 aromatic rings. The average molecular weight is 275 g/mol. The summed E-state index contributed by atoms with van der Waals surface area (Å²) in [5, 5.41) is 18.4. The van der Waals surface area contributed by atoms with Crippen LogP contribution in [-0.2, 0) is 0 Å². The molecule has 0 heterocycles. The molecule has 0 atom stereocenters. The number of phenolic OH excluding ortho intramolecular Hbond substituents is 2. The summed E-state index contributed by atoms with van der Waals surface area (Å²) in [7, 11) is 0. The fourth-order valence-corrected chi connectivity index (χ4v) is 1.77. The Balaban J connectivity index is 2.21. The molecule has 1 saturated carbocycles. The molecule has 0 radical (unpaired) electrons. The SMILES string of the molecule is O=C(c1ccc(O)c(O)c1)N(CC(F)(F)F)C1CC1. The molecule has 0 aromatic heterocycles. The minimum absolute atomic E-state index is 0.0774. The first-order valence-corrected chi connectivity index (χ1v) is 5.67. The van der Waals surface area contributed by atoms with E-state index in [-0.39, 0.29) is 5.56 Å². The smallest absolute Gasteiger partial charge is 0.406 e. The van der Waals surface area contributed by atoms with Crippen LogP contribution in [0.4, 0.5) is 13.2 Å². The maximum atomic E-state index is 12.4. The van der Waals surface area contributed by atoms with E-state index >= 15 is 0 Å². The van der Waals surface area contributed by atoms with Crippen LogP contribution in [0.15, 0.2) is 18.2 Å².